The zero-order valence-electron chi connectivity index (χ0n) is 13.7. The number of hydrogen-bond donors (Lipinski definition) is 2. The van der Waals surface area contributed by atoms with Gasteiger partial charge in [-0.15, -0.1) is 0 Å². The number of aliphatic imine (C=N–C) groups is 1. The van der Waals surface area contributed by atoms with Crippen LogP contribution in [0, 0.1) is 0 Å². The van der Waals surface area contributed by atoms with Crippen LogP contribution in [0.1, 0.15) is 32.3 Å². The van der Waals surface area contributed by atoms with Crippen molar-refractivity contribution in [3.8, 4) is 0 Å². The Morgan fingerprint density at radius 1 is 1.39 bits per heavy atom. The van der Waals surface area contributed by atoms with Gasteiger partial charge >= 0.3 is 0 Å². The summed E-state index contributed by atoms with van der Waals surface area (Å²) in [5, 5.41) is 6.92. The molecule has 0 bridgehead atoms. The van der Waals surface area contributed by atoms with Gasteiger partial charge in [0.25, 0.3) is 0 Å². The lowest BCUT2D eigenvalue weighted by atomic mass is 10.0. The van der Waals surface area contributed by atoms with E-state index >= 15 is 0 Å². The number of allylic oxidation sites excluding steroid dienone is 1. The van der Waals surface area contributed by atoms with Crippen molar-refractivity contribution in [2.45, 2.75) is 38.8 Å². The minimum Gasteiger partial charge on any atom is -0.404 e. The van der Waals surface area contributed by atoms with Gasteiger partial charge in [-0.2, -0.15) is 5.10 Å². The molecule has 122 valence electrons. The normalized spacial score (nSPS) is 18.5. The average molecular weight is 312 g/mol. The second kappa shape index (κ2) is 6.91. The number of nitrogens with zero attached hydrogens (tertiary/aromatic N) is 4. The first-order valence-corrected chi connectivity index (χ1v) is 8.16. The molecule has 3 N–H and O–H groups in total. The number of aromatic amines is 1. The summed E-state index contributed by atoms with van der Waals surface area (Å²) in [6.45, 7) is 6.72. The van der Waals surface area contributed by atoms with E-state index < -0.39 is 0 Å². The molecule has 3 heterocycles. The minimum absolute atomic E-state index is 0.379. The Balaban J connectivity index is 1.67. The monoisotopic (exact) mass is 312 g/mol. The Hall–Kier alpha value is -2.21. The van der Waals surface area contributed by atoms with Gasteiger partial charge in [0.2, 0.25) is 0 Å². The van der Waals surface area contributed by atoms with E-state index in [4.69, 9.17) is 10.7 Å². The van der Waals surface area contributed by atoms with Crippen molar-refractivity contribution in [2.75, 3.05) is 13.1 Å². The molecule has 0 aromatic carbocycles. The van der Waals surface area contributed by atoms with Crippen LogP contribution in [0.5, 0.6) is 0 Å². The fraction of sp³-hybridized carbons (Fsp3) is 0.471. The van der Waals surface area contributed by atoms with Crippen molar-refractivity contribution < 1.29 is 0 Å². The van der Waals surface area contributed by atoms with Crippen LogP contribution in [0.4, 0.5) is 0 Å². The summed E-state index contributed by atoms with van der Waals surface area (Å²) in [7, 11) is 0. The van der Waals surface area contributed by atoms with Crippen molar-refractivity contribution in [3.63, 3.8) is 0 Å². The van der Waals surface area contributed by atoms with E-state index in [2.05, 4.69) is 33.9 Å². The smallest absolute Gasteiger partial charge is 0.108 e. The third kappa shape index (κ3) is 3.59. The zero-order valence-corrected chi connectivity index (χ0v) is 13.7. The molecule has 6 heteroatoms. The van der Waals surface area contributed by atoms with E-state index in [1.54, 1.807) is 12.4 Å². The molecule has 1 aliphatic heterocycles. The molecule has 0 saturated carbocycles. The van der Waals surface area contributed by atoms with Crippen molar-refractivity contribution >= 4 is 22.8 Å². The molecule has 1 fully saturated rings. The van der Waals surface area contributed by atoms with Crippen LogP contribution in [-0.2, 0) is 0 Å². The van der Waals surface area contributed by atoms with E-state index in [1.807, 2.05) is 18.5 Å². The largest absolute Gasteiger partial charge is 0.404 e. The molecule has 6 nitrogen and oxygen atoms in total. The van der Waals surface area contributed by atoms with Crippen LogP contribution in [0.25, 0.3) is 16.6 Å². The molecular weight excluding hydrogens is 288 g/mol. The SMILES string of the molecule is CC(C)N1CCC(N=CC(=CN)c2cnc3cn[nH]c3c2)CC1. The predicted octanol–water partition coefficient (Wildman–Crippen LogP) is 2.20. The quantitative estimate of drug-likeness (QED) is 0.848. The number of nitrogens with one attached hydrogen (secondary N) is 1. The fourth-order valence-corrected chi connectivity index (χ4v) is 2.94. The van der Waals surface area contributed by atoms with Crippen LogP contribution in [-0.4, -0.2) is 51.5 Å². The lowest BCUT2D eigenvalue weighted by molar-refractivity contribution is 0.173. The Kier molecular flexibility index (Phi) is 4.71. The number of pyridine rings is 1. The van der Waals surface area contributed by atoms with E-state index in [-0.39, 0.29) is 0 Å². The number of piperidine rings is 1. The number of H-pyrrole nitrogens is 1. The number of likely N-dealkylation sites (tertiary alicyclic amines) is 1. The molecule has 0 aliphatic carbocycles. The number of fused-ring (bicyclic) bond motifs is 1. The van der Waals surface area contributed by atoms with E-state index in [0.717, 1.165) is 48.1 Å². The highest BCUT2D eigenvalue weighted by molar-refractivity contribution is 6.10. The molecule has 1 saturated heterocycles. The molecule has 1 aliphatic rings. The summed E-state index contributed by atoms with van der Waals surface area (Å²) in [5.74, 6) is 0. The zero-order chi connectivity index (χ0) is 16.2. The van der Waals surface area contributed by atoms with E-state index in [9.17, 15) is 0 Å². The molecule has 23 heavy (non-hydrogen) atoms. The first kappa shape index (κ1) is 15.7. The van der Waals surface area contributed by atoms with Crippen molar-refractivity contribution in [2.24, 2.45) is 10.7 Å². The molecule has 0 amide bonds. The highest BCUT2D eigenvalue weighted by atomic mass is 15.2. The molecule has 0 spiro atoms. The van der Waals surface area contributed by atoms with Gasteiger partial charge < -0.3 is 10.6 Å². The van der Waals surface area contributed by atoms with Crippen LogP contribution >= 0.6 is 0 Å². The van der Waals surface area contributed by atoms with Crippen molar-refractivity contribution in [1.82, 2.24) is 20.1 Å². The maximum Gasteiger partial charge on any atom is 0.108 e. The lowest BCUT2D eigenvalue weighted by Crippen LogP contribution is -2.39. The van der Waals surface area contributed by atoms with Gasteiger partial charge in [0.05, 0.1) is 17.8 Å². The molecule has 0 atom stereocenters. The maximum absolute atomic E-state index is 5.79. The van der Waals surface area contributed by atoms with E-state index in [0.29, 0.717) is 12.1 Å². The van der Waals surface area contributed by atoms with Crippen LogP contribution < -0.4 is 5.73 Å². The average Bonchev–Trinajstić information content (AvgIpc) is 3.03. The van der Waals surface area contributed by atoms with Gasteiger partial charge in [0.1, 0.15) is 5.52 Å². The van der Waals surface area contributed by atoms with Crippen LogP contribution in [0.15, 0.2) is 29.7 Å². The van der Waals surface area contributed by atoms with Crippen LogP contribution in [0.2, 0.25) is 0 Å². The standard InChI is InChI=1S/C17H24N6/c1-12(2)23-5-3-15(4-6-23)19-10-14(8-18)13-7-16-17(20-9-13)11-21-22-16/h7-12,15H,3-6,18H2,1-2H3,(H,21,22). The Labute approximate surface area is 136 Å². The highest BCUT2D eigenvalue weighted by Crippen LogP contribution is 2.18. The van der Waals surface area contributed by atoms with E-state index in [1.165, 1.54) is 0 Å². The van der Waals surface area contributed by atoms with Gasteiger partial charge in [-0.25, -0.2) is 0 Å². The maximum atomic E-state index is 5.79. The lowest BCUT2D eigenvalue weighted by Gasteiger charge is -2.33. The number of nitrogens with two attached hydrogens (primary N) is 1. The summed E-state index contributed by atoms with van der Waals surface area (Å²) in [5.41, 5.74) is 9.38. The van der Waals surface area contributed by atoms with Crippen molar-refractivity contribution in [3.05, 3.63) is 30.2 Å². The van der Waals surface area contributed by atoms with Gasteiger partial charge in [-0.3, -0.25) is 15.1 Å². The molecule has 3 rings (SSSR count). The highest BCUT2D eigenvalue weighted by Gasteiger charge is 2.19. The number of rotatable bonds is 4. The molecule has 0 radical (unpaired) electrons. The third-order valence-corrected chi connectivity index (χ3v) is 4.46. The Bertz CT molecular complexity index is 707. The fourth-order valence-electron chi connectivity index (χ4n) is 2.94. The molecule has 2 aromatic rings. The summed E-state index contributed by atoms with van der Waals surface area (Å²) >= 11 is 0. The first-order valence-electron chi connectivity index (χ1n) is 8.16. The summed E-state index contributed by atoms with van der Waals surface area (Å²) < 4.78 is 0. The van der Waals surface area contributed by atoms with Crippen LogP contribution in [0.3, 0.4) is 0 Å². The second-order valence-corrected chi connectivity index (χ2v) is 6.29. The summed E-state index contributed by atoms with van der Waals surface area (Å²) in [6, 6.07) is 3.00. The predicted molar refractivity (Wildman–Crippen MR) is 94.3 cm³/mol. The summed E-state index contributed by atoms with van der Waals surface area (Å²) in [4.78, 5) is 11.6. The number of aromatic nitrogens is 3. The van der Waals surface area contributed by atoms with Gasteiger partial charge in [0.15, 0.2) is 0 Å². The summed E-state index contributed by atoms with van der Waals surface area (Å²) in [6.07, 6.45) is 9.20. The Morgan fingerprint density at radius 3 is 2.87 bits per heavy atom. The second-order valence-electron chi connectivity index (χ2n) is 6.29. The Morgan fingerprint density at radius 2 is 2.17 bits per heavy atom. The molecule has 0 unspecified atom stereocenters. The third-order valence-electron chi connectivity index (χ3n) is 4.46. The van der Waals surface area contributed by atoms with Crippen molar-refractivity contribution in [1.29, 1.82) is 0 Å². The first-order chi connectivity index (χ1) is 11.2. The molecular formula is C17H24N6. The minimum atomic E-state index is 0.379. The topological polar surface area (TPSA) is 83.2 Å². The van der Waals surface area contributed by atoms with Gasteiger partial charge in [-0.05, 0) is 32.8 Å². The number of hydrogen-bond acceptors (Lipinski definition) is 5. The molecule has 2 aromatic heterocycles. The van der Waals surface area contributed by atoms with Gasteiger partial charge in [-0.1, -0.05) is 0 Å². The van der Waals surface area contributed by atoms with Gasteiger partial charge in [0, 0.05) is 48.9 Å².